The van der Waals surface area contributed by atoms with Crippen LogP contribution in [0.4, 0.5) is 11.4 Å². The molecule has 2 N–H and O–H groups in total. The summed E-state index contributed by atoms with van der Waals surface area (Å²) in [5.74, 6) is 4.16. The van der Waals surface area contributed by atoms with Crippen LogP contribution in [0.3, 0.4) is 0 Å². The van der Waals surface area contributed by atoms with Crippen LogP contribution in [-0.4, -0.2) is 24.9 Å². The van der Waals surface area contributed by atoms with Crippen LogP contribution in [0, 0.1) is 22.7 Å². The minimum Gasteiger partial charge on any atom is -0.457 e. The molecule has 0 aromatic heterocycles. The molecule has 372 valence electrons. The molecule has 4 bridgehead atoms. The summed E-state index contributed by atoms with van der Waals surface area (Å²) in [7, 11) is 0. The van der Waals surface area contributed by atoms with E-state index in [1.165, 1.54) is 38.5 Å². The second-order valence-corrected chi connectivity index (χ2v) is 20.9. The normalized spacial score (nSPS) is 20.3. The zero-order valence-electron chi connectivity index (χ0n) is 41.8. The lowest BCUT2D eigenvalue weighted by atomic mass is 9.43. The summed E-state index contributed by atoms with van der Waals surface area (Å²) in [5, 5.41) is 8.00. The molecule has 0 spiro atoms. The van der Waals surface area contributed by atoms with E-state index in [1.807, 2.05) is 216 Å². The number of hydrogen-bond acceptors (Lipinski definition) is 6. The van der Waals surface area contributed by atoms with E-state index >= 15 is 0 Å². The second kappa shape index (κ2) is 22.1. The maximum absolute atomic E-state index is 14.8. The van der Waals surface area contributed by atoms with E-state index in [4.69, 9.17) is 9.47 Å². The number of para-hydroxylation sites is 4. The van der Waals surface area contributed by atoms with Gasteiger partial charge in [-0.15, -0.1) is 0 Å². The Balaban J connectivity index is 0.862. The van der Waals surface area contributed by atoms with Crippen molar-refractivity contribution in [3.8, 4) is 23.0 Å². The maximum Gasteiger partial charge on any atom is 0.259 e. The van der Waals surface area contributed by atoms with Crippen molar-refractivity contribution in [1.29, 1.82) is 0 Å². The molecule has 4 aliphatic rings. The van der Waals surface area contributed by atoms with Crippen molar-refractivity contribution in [3.63, 3.8) is 0 Å². The summed E-state index contributed by atoms with van der Waals surface area (Å²) in [5.41, 5.74) is 5.15. The summed E-state index contributed by atoms with van der Waals surface area (Å²) in [4.78, 5) is 33.5. The monoisotopic (exact) mass is 976 g/mol. The molecule has 2 unspecified atom stereocenters. The van der Waals surface area contributed by atoms with E-state index in [0.717, 1.165) is 59.9 Å². The van der Waals surface area contributed by atoms with Gasteiger partial charge in [0.05, 0.1) is 0 Å². The Morgan fingerprint density at radius 2 is 0.770 bits per heavy atom. The lowest BCUT2D eigenvalue weighted by molar-refractivity contribution is -0.116. The number of benzene rings is 8. The van der Waals surface area contributed by atoms with Crippen molar-refractivity contribution in [3.05, 3.63) is 253 Å². The molecule has 8 aromatic rings. The predicted octanol–water partition coefficient (Wildman–Crippen LogP) is 15.2. The minimum absolute atomic E-state index is 0.0741. The van der Waals surface area contributed by atoms with E-state index in [-0.39, 0.29) is 22.6 Å². The molecule has 2 amide bonds. The molecule has 74 heavy (non-hydrogen) atoms. The highest BCUT2D eigenvalue weighted by Gasteiger charge is 2.57. The fourth-order valence-corrected chi connectivity index (χ4v) is 13.0. The zero-order valence-corrected chi connectivity index (χ0v) is 41.8. The smallest absolute Gasteiger partial charge is 0.259 e. The zero-order chi connectivity index (χ0) is 50.2. The van der Waals surface area contributed by atoms with E-state index in [9.17, 15) is 9.59 Å². The average molecular weight is 977 g/mol. The first-order valence-electron chi connectivity index (χ1n) is 26.4. The van der Waals surface area contributed by atoms with Gasteiger partial charge in [0.2, 0.25) is 0 Å². The Morgan fingerprint density at radius 3 is 1.15 bits per heavy atom. The molecule has 0 heterocycles. The topological polar surface area (TPSA) is 83.1 Å². The van der Waals surface area contributed by atoms with Gasteiger partial charge in [-0.05, 0) is 195 Å². The van der Waals surface area contributed by atoms with Gasteiger partial charge in [-0.3, -0.25) is 30.0 Å². The van der Waals surface area contributed by atoms with Crippen molar-refractivity contribution >= 4 is 23.2 Å². The summed E-state index contributed by atoms with van der Waals surface area (Å²) < 4.78 is 12.8. The molecule has 0 aliphatic heterocycles. The molecule has 4 saturated carbocycles. The Kier molecular flexibility index (Phi) is 14.5. The van der Waals surface area contributed by atoms with Gasteiger partial charge in [0.1, 0.15) is 35.3 Å². The van der Waals surface area contributed by atoms with Gasteiger partial charge >= 0.3 is 0 Å². The molecule has 4 aliphatic carbocycles. The van der Waals surface area contributed by atoms with Crippen LogP contribution >= 0.6 is 0 Å². The Labute approximate surface area is 436 Å². The van der Waals surface area contributed by atoms with Crippen molar-refractivity contribution in [2.24, 2.45) is 22.7 Å². The summed E-state index contributed by atoms with van der Waals surface area (Å²) in [6.45, 7) is 1.48. The number of carbonyl (C=O) groups is 2. The van der Waals surface area contributed by atoms with Crippen LogP contribution in [-0.2, 0) is 0 Å². The molecule has 8 nitrogen and oxygen atoms in total. The van der Waals surface area contributed by atoms with E-state index in [2.05, 4.69) is 34.9 Å². The van der Waals surface area contributed by atoms with E-state index < -0.39 is 12.3 Å². The quantitative estimate of drug-likeness (QED) is 0.0741. The largest absolute Gasteiger partial charge is 0.457 e. The standard InChI is InChI=1S/C66H64N4O4/c71-63(51-21-7-1-8-22-51)69(55-27-11-3-12-28-55)61(53-25-19-35-59(42-53)73-57-31-15-5-16-32-57)67-39-37-65-44-49-41-50(45-65)47-66(46-49,48-65)38-40-68-62(54-26-20-36-60(43-54)74-58-33-17-6-18-34-58)70(56-29-13-4-14-30-56)64(72)52-23-9-2-10-24-52/h1-36,42-43,49-50,61-62,67-68H,37-41,44-48H2. The van der Waals surface area contributed by atoms with Crippen molar-refractivity contribution < 1.29 is 19.1 Å². The van der Waals surface area contributed by atoms with Crippen LogP contribution in [0.1, 0.15) is 95.5 Å². The highest BCUT2D eigenvalue weighted by atomic mass is 16.5. The lowest BCUT2D eigenvalue weighted by Gasteiger charge is -2.63. The van der Waals surface area contributed by atoms with Gasteiger partial charge in [-0.1, -0.05) is 133 Å². The van der Waals surface area contributed by atoms with Crippen molar-refractivity contribution in [2.75, 3.05) is 22.9 Å². The van der Waals surface area contributed by atoms with E-state index in [1.54, 1.807) is 0 Å². The maximum atomic E-state index is 14.8. The number of amides is 2. The van der Waals surface area contributed by atoms with Gasteiger partial charge < -0.3 is 9.47 Å². The number of rotatable bonds is 20. The molecular weight excluding hydrogens is 913 g/mol. The average Bonchev–Trinajstić information content (AvgIpc) is 3.44. The van der Waals surface area contributed by atoms with Gasteiger partial charge in [0.25, 0.3) is 11.8 Å². The number of ether oxygens (including phenoxy) is 2. The van der Waals surface area contributed by atoms with E-state index in [0.29, 0.717) is 34.5 Å². The number of anilines is 2. The first-order valence-corrected chi connectivity index (χ1v) is 26.4. The molecular formula is C66H64N4O4. The van der Waals surface area contributed by atoms with Gasteiger partial charge in [-0.25, -0.2) is 0 Å². The predicted molar refractivity (Wildman–Crippen MR) is 296 cm³/mol. The molecule has 0 saturated heterocycles. The number of nitrogens with one attached hydrogen (secondary N) is 2. The highest BCUT2D eigenvalue weighted by Crippen LogP contribution is 2.67. The van der Waals surface area contributed by atoms with Crippen LogP contribution in [0.25, 0.3) is 0 Å². The summed E-state index contributed by atoms with van der Waals surface area (Å²) in [6, 6.07) is 75.2. The fourth-order valence-electron chi connectivity index (χ4n) is 13.0. The summed E-state index contributed by atoms with van der Waals surface area (Å²) in [6.07, 6.45) is 8.50. The number of hydrogen-bond donors (Lipinski definition) is 2. The van der Waals surface area contributed by atoms with Crippen molar-refractivity contribution in [1.82, 2.24) is 10.6 Å². The molecule has 12 rings (SSSR count). The van der Waals surface area contributed by atoms with Crippen LogP contribution < -0.4 is 29.9 Å². The first kappa shape index (κ1) is 48.5. The van der Waals surface area contributed by atoms with Crippen molar-refractivity contribution in [2.45, 2.75) is 63.7 Å². The summed E-state index contributed by atoms with van der Waals surface area (Å²) >= 11 is 0. The fraction of sp³-hybridized carbons (Fsp3) is 0.242. The SMILES string of the molecule is O=C(c1ccccc1)N(c1ccccc1)C(NCCC12CC3CC(C1)CC(CCNC(c1cccc(Oc4ccccc4)c1)N(C(=O)c1ccccc1)c1ccccc1)(C3)C2)c1cccc(Oc2ccccc2)c1. The Bertz CT molecular complexity index is 2880. The lowest BCUT2D eigenvalue weighted by Crippen LogP contribution is -2.54. The Hall–Kier alpha value is -7.78. The van der Waals surface area contributed by atoms with Gasteiger partial charge in [-0.2, -0.15) is 0 Å². The second-order valence-electron chi connectivity index (χ2n) is 20.9. The highest BCUT2D eigenvalue weighted by molar-refractivity contribution is 6.07. The number of carbonyl (C=O) groups excluding carboxylic acids is 2. The molecule has 8 aromatic carbocycles. The Morgan fingerprint density at radius 1 is 0.432 bits per heavy atom. The molecule has 2 atom stereocenters. The van der Waals surface area contributed by atoms with Crippen LogP contribution in [0.2, 0.25) is 0 Å². The molecule has 0 radical (unpaired) electrons. The third kappa shape index (κ3) is 11.1. The van der Waals surface area contributed by atoms with Crippen LogP contribution in [0.15, 0.2) is 231 Å². The number of nitrogens with zero attached hydrogens (tertiary/aromatic N) is 2. The molecule has 4 fully saturated rings. The minimum atomic E-state index is -0.476. The van der Waals surface area contributed by atoms with Crippen LogP contribution in [0.5, 0.6) is 23.0 Å². The first-order chi connectivity index (χ1) is 36.4. The van der Waals surface area contributed by atoms with Gasteiger partial charge in [0.15, 0.2) is 0 Å². The van der Waals surface area contributed by atoms with Gasteiger partial charge in [0, 0.05) is 22.5 Å². The molecule has 8 heteroatoms. The third-order valence-electron chi connectivity index (χ3n) is 15.7. The third-order valence-corrected chi connectivity index (χ3v) is 15.7.